The van der Waals surface area contributed by atoms with Gasteiger partial charge in [0.15, 0.2) is 0 Å². The van der Waals surface area contributed by atoms with Gasteiger partial charge in [-0.2, -0.15) is 0 Å². The van der Waals surface area contributed by atoms with E-state index in [1.165, 1.54) is 19.2 Å². The second kappa shape index (κ2) is 4.89. The standard InChI is InChI=1S/C11H14FNO2/c1-7(10(13)11(14)15-2)8-4-3-5-9(12)6-8/h3-7,10H,13H2,1-2H3/t7-,10+/m0/s1. The summed E-state index contributed by atoms with van der Waals surface area (Å²) in [5.74, 6) is -1.10. The van der Waals surface area contributed by atoms with Crippen LogP contribution in [0, 0.1) is 5.82 Å². The molecule has 0 amide bonds. The Morgan fingerprint density at radius 3 is 2.73 bits per heavy atom. The molecule has 2 N–H and O–H groups in total. The molecule has 0 fully saturated rings. The molecule has 0 saturated heterocycles. The molecule has 0 unspecified atom stereocenters. The van der Waals surface area contributed by atoms with Gasteiger partial charge in [-0.1, -0.05) is 19.1 Å². The van der Waals surface area contributed by atoms with E-state index in [1.807, 2.05) is 0 Å². The average molecular weight is 211 g/mol. The fourth-order valence-corrected chi connectivity index (χ4v) is 1.34. The summed E-state index contributed by atoms with van der Waals surface area (Å²) in [6, 6.07) is 5.27. The smallest absolute Gasteiger partial charge is 0.323 e. The summed E-state index contributed by atoms with van der Waals surface area (Å²) >= 11 is 0. The van der Waals surface area contributed by atoms with Gasteiger partial charge in [0.05, 0.1) is 7.11 Å². The van der Waals surface area contributed by atoms with Crippen molar-refractivity contribution in [3.8, 4) is 0 Å². The van der Waals surface area contributed by atoms with E-state index >= 15 is 0 Å². The molecule has 3 nitrogen and oxygen atoms in total. The van der Waals surface area contributed by atoms with Crippen molar-refractivity contribution < 1.29 is 13.9 Å². The predicted molar refractivity (Wildman–Crippen MR) is 54.8 cm³/mol. The van der Waals surface area contributed by atoms with Crippen molar-refractivity contribution in [3.63, 3.8) is 0 Å². The van der Waals surface area contributed by atoms with Crippen LogP contribution in [0.2, 0.25) is 0 Å². The number of carbonyl (C=O) groups excluding carboxylic acids is 1. The van der Waals surface area contributed by atoms with Gasteiger partial charge >= 0.3 is 5.97 Å². The van der Waals surface area contributed by atoms with Gasteiger partial charge in [0.1, 0.15) is 11.9 Å². The molecule has 0 bridgehead atoms. The molecule has 1 rings (SSSR count). The highest BCUT2D eigenvalue weighted by Crippen LogP contribution is 2.19. The minimum absolute atomic E-state index is 0.270. The lowest BCUT2D eigenvalue weighted by molar-refractivity contribution is -0.142. The monoisotopic (exact) mass is 211 g/mol. The van der Waals surface area contributed by atoms with E-state index in [1.54, 1.807) is 19.1 Å². The molecular weight excluding hydrogens is 197 g/mol. The molecule has 0 aliphatic rings. The van der Waals surface area contributed by atoms with Crippen molar-refractivity contribution in [1.29, 1.82) is 0 Å². The number of benzene rings is 1. The molecular formula is C11H14FNO2. The van der Waals surface area contributed by atoms with Crippen LogP contribution >= 0.6 is 0 Å². The lowest BCUT2D eigenvalue weighted by Gasteiger charge is -2.17. The Bertz CT molecular complexity index is 354. The van der Waals surface area contributed by atoms with Gasteiger partial charge < -0.3 is 10.5 Å². The van der Waals surface area contributed by atoms with Crippen molar-refractivity contribution in [3.05, 3.63) is 35.6 Å². The Kier molecular flexibility index (Phi) is 3.80. The maximum atomic E-state index is 12.9. The summed E-state index contributed by atoms with van der Waals surface area (Å²) in [6.45, 7) is 1.76. The normalized spacial score (nSPS) is 14.4. The van der Waals surface area contributed by atoms with Crippen LogP contribution in [-0.4, -0.2) is 19.1 Å². The van der Waals surface area contributed by atoms with Crippen molar-refractivity contribution in [1.82, 2.24) is 0 Å². The van der Waals surface area contributed by atoms with Gasteiger partial charge in [-0.15, -0.1) is 0 Å². The number of rotatable bonds is 3. The molecule has 15 heavy (non-hydrogen) atoms. The van der Waals surface area contributed by atoms with Gasteiger partial charge in [-0.05, 0) is 17.7 Å². The lowest BCUT2D eigenvalue weighted by atomic mass is 9.94. The minimum Gasteiger partial charge on any atom is -0.468 e. The molecule has 0 radical (unpaired) electrons. The third-order valence-corrected chi connectivity index (χ3v) is 2.39. The van der Waals surface area contributed by atoms with Crippen LogP contribution in [0.25, 0.3) is 0 Å². The molecule has 0 aliphatic heterocycles. The number of ether oxygens (including phenoxy) is 1. The second-order valence-corrected chi connectivity index (χ2v) is 3.39. The average Bonchev–Trinajstić information content (AvgIpc) is 2.26. The summed E-state index contributed by atoms with van der Waals surface area (Å²) in [5, 5.41) is 0. The van der Waals surface area contributed by atoms with Crippen LogP contribution in [0.4, 0.5) is 4.39 Å². The summed E-state index contributed by atoms with van der Waals surface area (Å²) in [6.07, 6.45) is 0. The van der Waals surface area contributed by atoms with Crippen LogP contribution < -0.4 is 5.73 Å². The Morgan fingerprint density at radius 2 is 2.20 bits per heavy atom. The SMILES string of the molecule is COC(=O)[C@H](N)[C@@H](C)c1cccc(F)c1. The zero-order valence-corrected chi connectivity index (χ0v) is 8.74. The van der Waals surface area contributed by atoms with Crippen LogP contribution in [0.15, 0.2) is 24.3 Å². The molecule has 0 spiro atoms. The number of hydrogen-bond acceptors (Lipinski definition) is 3. The first-order valence-electron chi connectivity index (χ1n) is 4.65. The molecule has 1 aromatic carbocycles. The van der Waals surface area contributed by atoms with Gasteiger partial charge in [0, 0.05) is 5.92 Å². The molecule has 0 aliphatic carbocycles. The van der Waals surface area contributed by atoms with Crippen LogP contribution in [0.5, 0.6) is 0 Å². The largest absolute Gasteiger partial charge is 0.468 e. The molecule has 0 aromatic heterocycles. The highest BCUT2D eigenvalue weighted by molar-refractivity contribution is 5.76. The van der Waals surface area contributed by atoms with E-state index in [0.717, 1.165) is 0 Å². The van der Waals surface area contributed by atoms with Gasteiger partial charge in [0.2, 0.25) is 0 Å². The number of hydrogen-bond donors (Lipinski definition) is 1. The Morgan fingerprint density at radius 1 is 1.53 bits per heavy atom. The zero-order valence-electron chi connectivity index (χ0n) is 8.74. The van der Waals surface area contributed by atoms with E-state index < -0.39 is 12.0 Å². The molecule has 82 valence electrons. The number of nitrogens with two attached hydrogens (primary N) is 1. The van der Waals surface area contributed by atoms with Crippen LogP contribution in [0.1, 0.15) is 18.4 Å². The molecule has 2 atom stereocenters. The molecule has 0 heterocycles. The van der Waals surface area contributed by atoms with E-state index in [2.05, 4.69) is 4.74 Å². The first kappa shape index (κ1) is 11.7. The fraction of sp³-hybridized carbons (Fsp3) is 0.364. The first-order valence-corrected chi connectivity index (χ1v) is 4.65. The second-order valence-electron chi connectivity index (χ2n) is 3.39. The summed E-state index contributed by atoms with van der Waals surface area (Å²) < 4.78 is 17.4. The number of esters is 1. The Labute approximate surface area is 88.0 Å². The maximum Gasteiger partial charge on any atom is 0.323 e. The third-order valence-electron chi connectivity index (χ3n) is 2.39. The Hall–Kier alpha value is -1.42. The van der Waals surface area contributed by atoms with E-state index in [-0.39, 0.29) is 11.7 Å². The van der Waals surface area contributed by atoms with Crippen molar-refractivity contribution in [2.45, 2.75) is 18.9 Å². The van der Waals surface area contributed by atoms with Crippen molar-refractivity contribution in [2.75, 3.05) is 7.11 Å². The molecule has 0 saturated carbocycles. The number of carbonyl (C=O) groups is 1. The Balaban J connectivity index is 2.84. The van der Waals surface area contributed by atoms with E-state index in [0.29, 0.717) is 5.56 Å². The predicted octanol–water partition coefficient (Wildman–Crippen LogP) is 1.43. The van der Waals surface area contributed by atoms with Crippen LogP contribution in [0.3, 0.4) is 0 Å². The van der Waals surface area contributed by atoms with E-state index in [9.17, 15) is 9.18 Å². The lowest BCUT2D eigenvalue weighted by Crippen LogP contribution is -2.36. The highest BCUT2D eigenvalue weighted by Gasteiger charge is 2.22. The molecule has 1 aromatic rings. The quantitative estimate of drug-likeness (QED) is 0.769. The van der Waals surface area contributed by atoms with Gasteiger partial charge in [-0.25, -0.2) is 4.39 Å². The third kappa shape index (κ3) is 2.76. The maximum absolute atomic E-state index is 12.9. The molecule has 4 heteroatoms. The van der Waals surface area contributed by atoms with Crippen molar-refractivity contribution in [2.24, 2.45) is 5.73 Å². The topological polar surface area (TPSA) is 52.3 Å². The van der Waals surface area contributed by atoms with Crippen LogP contribution in [-0.2, 0) is 9.53 Å². The van der Waals surface area contributed by atoms with Gasteiger partial charge in [0.25, 0.3) is 0 Å². The number of halogens is 1. The number of methoxy groups -OCH3 is 1. The summed E-state index contributed by atoms with van der Waals surface area (Å²) in [7, 11) is 1.28. The van der Waals surface area contributed by atoms with Crippen molar-refractivity contribution >= 4 is 5.97 Å². The summed E-state index contributed by atoms with van der Waals surface area (Å²) in [4.78, 5) is 11.2. The highest BCUT2D eigenvalue weighted by atomic mass is 19.1. The fourth-order valence-electron chi connectivity index (χ4n) is 1.34. The zero-order chi connectivity index (χ0) is 11.4. The minimum atomic E-state index is -0.767. The van der Waals surface area contributed by atoms with Gasteiger partial charge in [-0.3, -0.25) is 4.79 Å². The first-order chi connectivity index (χ1) is 7.06. The van der Waals surface area contributed by atoms with E-state index in [4.69, 9.17) is 5.73 Å². The summed E-state index contributed by atoms with van der Waals surface area (Å²) in [5.41, 5.74) is 6.34.